The Morgan fingerprint density at radius 3 is 2.07 bits per heavy atom. The third-order valence-corrected chi connectivity index (χ3v) is 5.83. The topological polar surface area (TPSA) is 118 Å². The molecule has 0 aromatic heterocycles. The zero-order valence-electron chi connectivity index (χ0n) is 16.0. The minimum absolute atomic E-state index is 0.0272. The van der Waals surface area contributed by atoms with Crippen molar-refractivity contribution in [2.75, 3.05) is 17.7 Å². The van der Waals surface area contributed by atoms with E-state index in [-0.39, 0.29) is 34.4 Å². The maximum atomic E-state index is 13.4. The minimum Gasteiger partial charge on any atom is -0.398 e. The Kier molecular flexibility index (Phi) is 4.90. The number of nitrogens with two attached hydrogens (primary N) is 1. The number of amides is 5. The molecule has 5 amide bonds. The van der Waals surface area contributed by atoms with Crippen LogP contribution in [0.4, 0.5) is 5.69 Å². The first kappa shape index (κ1) is 19.8. The molecular formula is C21H17N3O5S. The molecule has 30 heavy (non-hydrogen) atoms. The highest BCUT2D eigenvalue weighted by atomic mass is 32.2. The van der Waals surface area contributed by atoms with E-state index in [0.717, 1.165) is 4.90 Å². The van der Waals surface area contributed by atoms with Crippen LogP contribution in [0.2, 0.25) is 0 Å². The van der Waals surface area contributed by atoms with Crippen LogP contribution in [0.1, 0.15) is 47.9 Å². The molecule has 0 fully saturated rings. The van der Waals surface area contributed by atoms with E-state index in [9.17, 15) is 24.0 Å². The number of imide groups is 4. The van der Waals surface area contributed by atoms with E-state index < -0.39 is 35.6 Å². The summed E-state index contributed by atoms with van der Waals surface area (Å²) in [6.45, 7) is 0. The van der Waals surface area contributed by atoms with Crippen molar-refractivity contribution >= 4 is 47.0 Å². The first-order valence-electron chi connectivity index (χ1n) is 9.15. The number of fused-ring (bicyclic) bond motifs is 2. The van der Waals surface area contributed by atoms with Gasteiger partial charge in [-0.15, -0.1) is 0 Å². The van der Waals surface area contributed by atoms with Crippen molar-refractivity contribution in [1.29, 1.82) is 0 Å². The number of benzene rings is 2. The molecule has 152 valence electrons. The number of thioether (sulfide) groups is 1. The van der Waals surface area contributed by atoms with Crippen LogP contribution in [0.25, 0.3) is 0 Å². The molecule has 0 aliphatic carbocycles. The lowest BCUT2D eigenvalue weighted by molar-refractivity contribution is -0.130. The summed E-state index contributed by atoms with van der Waals surface area (Å²) in [6.07, 6.45) is 1.92. The van der Waals surface area contributed by atoms with Crippen molar-refractivity contribution < 1.29 is 24.0 Å². The lowest BCUT2D eigenvalue weighted by atomic mass is 10.1. The third kappa shape index (κ3) is 2.81. The maximum Gasteiger partial charge on any atom is 0.270 e. The van der Waals surface area contributed by atoms with Gasteiger partial charge in [-0.1, -0.05) is 18.2 Å². The minimum atomic E-state index is -1.28. The molecule has 0 radical (unpaired) electrons. The first-order valence-corrected chi connectivity index (χ1v) is 10.5. The van der Waals surface area contributed by atoms with Crippen LogP contribution in [0, 0.1) is 0 Å². The number of hydrogen-bond acceptors (Lipinski definition) is 7. The number of hydrogen-bond donors (Lipinski definition) is 1. The monoisotopic (exact) mass is 423 g/mol. The van der Waals surface area contributed by atoms with Crippen LogP contribution < -0.4 is 5.73 Å². The van der Waals surface area contributed by atoms with E-state index in [1.54, 1.807) is 12.1 Å². The van der Waals surface area contributed by atoms with Crippen LogP contribution in [-0.4, -0.2) is 57.4 Å². The molecule has 2 heterocycles. The zero-order valence-corrected chi connectivity index (χ0v) is 16.8. The predicted molar refractivity (Wildman–Crippen MR) is 110 cm³/mol. The van der Waals surface area contributed by atoms with E-state index >= 15 is 0 Å². The number of rotatable bonds is 5. The Balaban J connectivity index is 1.73. The molecule has 0 spiro atoms. The Morgan fingerprint density at radius 1 is 0.900 bits per heavy atom. The van der Waals surface area contributed by atoms with E-state index in [1.165, 1.54) is 42.1 Å². The summed E-state index contributed by atoms with van der Waals surface area (Å²) < 4.78 is 0. The van der Waals surface area contributed by atoms with Gasteiger partial charge in [0.2, 0.25) is 0 Å². The number of nitrogens with zero attached hydrogens (tertiary/aromatic N) is 2. The number of carbonyl (C=O) groups is 5. The molecule has 0 unspecified atom stereocenters. The molecule has 2 aromatic carbocycles. The van der Waals surface area contributed by atoms with Crippen molar-refractivity contribution in [2.24, 2.45) is 0 Å². The predicted octanol–water partition coefficient (Wildman–Crippen LogP) is 1.81. The fourth-order valence-electron chi connectivity index (χ4n) is 3.74. The van der Waals surface area contributed by atoms with Gasteiger partial charge in [0.25, 0.3) is 29.5 Å². The molecule has 0 bridgehead atoms. The normalized spacial score (nSPS) is 16.2. The highest BCUT2D eigenvalue weighted by Crippen LogP contribution is 2.31. The lowest BCUT2D eigenvalue weighted by Crippen LogP contribution is -2.52. The molecule has 9 heteroatoms. The molecule has 4 rings (SSSR count). The summed E-state index contributed by atoms with van der Waals surface area (Å²) in [5, 5.41) is 0. The van der Waals surface area contributed by atoms with Crippen molar-refractivity contribution in [3.63, 3.8) is 0 Å². The Hall–Kier alpha value is -3.46. The number of nitrogen functional groups attached to an aromatic ring is 1. The summed E-state index contributed by atoms with van der Waals surface area (Å²) in [6, 6.07) is 9.38. The summed E-state index contributed by atoms with van der Waals surface area (Å²) in [5.74, 6) is -3.36. The third-order valence-electron chi connectivity index (χ3n) is 5.19. The van der Waals surface area contributed by atoms with Gasteiger partial charge in [-0.3, -0.25) is 28.9 Å². The standard InChI is InChI=1S/C21H17N3O5S/c1-30-10-9-15(23-17(25)11-5-2-3-6-12(11)18(23)26)20(28)24-19(27)13-7-4-8-14(22)16(13)21(24)29/h2-8,15H,9-10,22H2,1H3/t15-/m1/s1. The van der Waals surface area contributed by atoms with Gasteiger partial charge in [0.1, 0.15) is 6.04 Å². The molecule has 2 aromatic rings. The summed E-state index contributed by atoms with van der Waals surface area (Å²) in [7, 11) is 0. The van der Waals surface area contributed by atoms with Gasteiger partial charge < -0.3 is 5.73 Å². The fraction of sp³-hybridized carbons (Fsp3) is 0.190. The second-order valence-electron chi connectivity index (χ2n) is 6.88. The summed E-state index contributed by atoms with van der Waals surface area (Å²) in [4.78, 5) is 66.2. The average Bonchev–Trinajstić information content (AvgIpc) is 3.14. The summed E-state index contributed by atoms with van der Waals surface area (Å²) >= 11 is 1.42. The second-order valence-corrected chi connectivity index (χ2v) is 7.86. The van der Waals surface area contributed by atoms with Crippen molar-refractivity contribution in [2.45, 2.75) is 12.5 Å². The Morgan fingerprint density at radius 2 is 1.50 bits per heavy atom. The van der Waals surface area contributed by atoms with E-state index in [4.69, 9.17) is 5.73 Å². The van der Waals surface area contributed by atoms with Crippen LogP contribution in [0.3, 0.4) is 0 Å². The molecule has 2 aliphatic heterocycles. The maximum absolute atomic E-state index is 13.4. The zero-order chi connectivity index (χ0) is 21.6. The first-order chi connectivity index (χ1) is 14.4. The quantitative estimate of drug-likeness (QED) is 0.576. The van der Waals surface area contributed by atoms with Crippen molar-refractivity contribution in [3.8, 4) is 0 Å². The fourth-order valence-corrected chi connectivity index (χ4v) is 4.20. The van der Waals surface area contributed by atoms with E-state index in [2.05, 4.69) is 0 Å². The lowest BCUT2D eigenvalue weighted by Gasteiger charge is -2.27. The van der Waals surface area contributed by atoms with Crippen molar-refractivity contribution in [1.82, 2.24) is 9.80 Å². The average molecular weight is 423 g/mol. The Bertz CT molecular complexity index is 1090. The SMILES string of the molecule is CSCC[C@H](C(=O)N1C(=O)c2cccc(N)c2C1=O)N1C(=O)c2ccccc2C1=O. The van der Waals surface area contributed by atoms with Gasteiger partial charge in [-0.2, -0.15) is 11.8 Å². The molecule has 0 saturated heterocycles. The van der Waals surface area contributed by atoms with Crippen LogP contribution >= 0.6 is 11.8 Å². The highest BCUT2D eigenvalue weighted by Gasteiger charge is 2.49. The number of anilines is 1. The smallest absolute Gasteiger partial charge is 0.270 e. The van der Waals surface area contributed by atoms with Crippen molar-refractivity contribution in [3.05, 3.63) is 64.7 Å². The molecule has 2 N–H and O–H groups in total. The van der Waals surface area contributed by atoms with Crippen LogP contribution in [0.15, 0.2) is 42.5 Å². The van der Waals surface area contributed by atoms with Gasteiger partial charge in [0.15, 0.2) is 0 Å². The van der Waals surface area contributed by atoms with Gasteiger partial charge in [0.05, 0.1) is 22.3 Å². The van der Waals surface area contributed by atoms with Gasteiger partial charge >= 0.3 is 0 Å². The van der Waals surface area contributed by atoms with Gasteiger partial charge in [0, 0.05) is 5.69 Å². The largest absolute Gasteiger partial charge is 0.398 e. The number of carbonyl (C=O) groups excluding carboxylic acids is 5. The second kappa shape index (κ2) is 7.42. The molecule has 2 aliphatic rings. The van der Waals surface area contributed by atoms with E-state index in [0.29, 0.717) is 10.7 Å². The molecule has 0 saturated carbocycles. The van der Waals surface area contributed by atoms with Crippen LogP contribution in [0.5, 0.6) is 0 Å². The molecule has 8 nitrogen and oxygen atoms in total. The van der Waals surface area contributed by atoms with Gasteiger partial charge in [-0.05, 0) is 42.7 Å². The van der Waals surface area contributed by atoms with Gasteiger partial charge in [-0.25, -0.2) is 4.90 Å². The molecular weight excluding hydrogens is 406 g/mol. The van der Waals surface area contributed by atoms with E-state index in [1.807, 2.05) is 6.26 Å². The summed E-state index contributed by atoms with van der Waals surface area (Å²) in [5.41, 5.74) is 6.29. The Labute approximate surface area is 176 Å². The van der Waals surface area contributed by atoms with Crippen LogP contribution in [-0.2, 0) is 4.79 Å². The highest BCUT2D eigenvalue weighted by molar-refractivity contribution is 7.98. The molecule has 1 atom stereocenters.